The molecule has 0 spiro atoms. The average molecular weight is 688 g/mol. The quantitative estimate of drug-likeness (QED) is 0.154. The summed E-state index contributed by atoms with van der Waals surface area (Å²) in [5.74, 6) is -0.292. The van der Waals surface area contributed by atoms with Gasteiger partial charge < -0.3 is 19.7 Å². The van der Waals surface area contributed by atoms with E-state index in [0.29, 0.717) is 27.2 Å². The smallest absolute Gasteiger partial charge is 0.335 e. The summed E-state index contributed by atoms with van der Waals surface area (Å²) in [5.41, 5.74) is 1.21. The van der Waals surface area contributed by atoms with Crippen LogP contribution in [-0.4, -0.2) is 55.4 Å². The molecule has 0 atom stereocenters. The van der Waals surface area contributed by atoms with Gasteiger partial charge in [0.1, 0.15) is 6.61 Å². The Morgan fingerprint density at radius 1 is 0.891 bits per heavy atom. The van der Waals surface area contributed by atoms with Crippen LogP contribution in [0.25, 0.3) is 11.4 Å². The van der Waals surface area contributed by atoms with Crippen molar-refractivity contribution in [1.29, 1.82) is 0 Å². The number of aryl methyl sites for hydroxylation is 2. The largest absolute Gasteiger partial charge is 0.493 e. The third-order valence-corrected chi connectivity index (χ3v) is 7.99. The van der Waals surface area contributed by atoms with Gasteiger partial charge in [-0.3, -0.25) is 19.8 Å². The van der Waals surface area contributed by atoms with E-state index in [1.54, 1.807) is 38.1 Å². The standard InChI is InChI=1S/C33H27BrN4O8/c1-5-12-46-29-24(34)15-21(16-25(29)45-4)28(26-17(2)35-37(30(26)39)22-10-6-8-19(13-22)32(41)42)27-18(3)36-38(31(27)40)23-11-7-9-20(14-23)33(43)44/h1,6-11,13-16,28,35-36H,12H2,2-4H3,(H,41,42)(H,43,44). The van der Waals surface area contributed by atoms with E-state index in [1.165, 1.54) is 52.9 Å². The van der Waals surface area contributed by atoms with Gasteiger partial charge in [-0.05, 0) is 83.9 Å². The predicted octanol–water partition coefficient (Wildman–Crippen LogP) is 4.62. The molecule has 2 aromatic heterocycles. The van der Waals surface area contributed by atoms with Crippen LogP contribution in [0.5, 0.6) is 11.5 Å². The Labute approximate surface area is 269 Å². The Kier molecular flexibility index (Phi) is 8.75. The number of rotatable bonds is 10. The maximum Gasteiger partial charge on any atom is 0.335 e. The number of aromatic carboxylic acids is 2. The molecule has 5 rings (SSSR count). The lowest BCUT2D eigenvalue weighted by Crippen LogP contribution is -2.25. The van der Waals surface area contributed by atoms with E-state index in [9.17, 15) is 29.4 Å². The van der Waals surface area contributed by atoms with Crippen molar-refractivity contribution in [1.82, 2.24) is 19.6 Å². The molecule has 0 saturated carbocycles. The fourth-order valence-corrected chi connectivity index (χ4v) is 5.93. The monoisotopic (exact) mass is 686 g/mol. The molecule has 0 bridgehead atoms. The topological polar surface area (TPSA) is 169 Å². The highest BCUT2D eigenvalue weighted by Crippen LogP contribution is 2.42. The van der Waals surface area contributed by atoms with Gasteiger partial charge in [0.05, 0.1) is 45.2 Å². The highest BCUT2D eigenvalue weighted by atomic mass is 79.9. The van der Waals surface area contributed by atoms with Crippen LogP contribution in [-0.2, 0) is 0 Å². The van der Waals surface area contributed by atoms with Crippen LogP contribution in [0, 0.1) is 26.2 Å². The summed E-state index contributed by atoms with van der Waals surface area (Å²) in [4.78, 5) is 51.8. The maximum atomic E-state index is 14.2. The third kappa shape index (κ3) is 5.73. The number of terminal acetylenes is 1. The molecule has 0 saturated heterocycles. The Hall–Kier alpha value is -5.74. The predicted molar refractivity (Wildman–Crippen MR) is 172 cm³/mol. The van der Waals surface area contributed by atoms with Crippen LogP contribution in [0.4, 0.5) is 0 Å². The molecule has 12 nitrogen and oxygen atoms in total. The fraction of sp³-hybridized carbons (Fsp3) is 0.152. The molecule has 234 valence electrons. The first-order valence-corrected chi connectivity index (χ1v) is 14.5. The highest BCUT2D eigenvalue weighted by molar-refractivity contribution is 9.10. The summed E-state index contributed by atoms with van der Waals surface area (Å²) >= 11 is 3.52. The summed E-state index contributed by atoms with van der Waals surface area (Å²) in [7, 11) is 1.44. The summed E-state index contributed by atoms with van der Waals surface area (Å²) in [6.07, 6.45) is 5.39. The summed E-state index contributed by atoms with van der Waals surface area (Å²) in [6.45, 7) is 3.31. The number of nitrogens with zero attached hydrogens (tertiary/aromatic N) is 2. The second-order valence-electron chi connectivity index (χ2n) is 10.3. The van der Waals surface area contributed by atoms with Crippen molar-refractivity contribution in [3.05, 3.63) is 125 Å². The van der Waals surface area contributed by atoms with Crippen molar-refractivity contribution in [3.63, 3.8) is 0 Å². The van der Waals surface area contributed by atoms with Gasteiger partial charge >= 0.3 is 11.9 Å². The molecule has 0 aliphatic heterocycles. The number of hydrogen-bond donors (Lipinski definition) is 4. The lowest BCUT2D eigenvalue weighted by atomic mass is 9.85. The van der Waals surface area contributed by atoms with Crippen molar-refractivity contribution < 1.29 is 29.3 Å². The fourth-order valence-electron chi connectivity index (χ4n) is 5.36. The number of benzene rings is 3. The lowest BCUT2D eigenvalue weighted by molar-refractivity contribution is 0.0686. The Morgan fingerprint density at radius 3 is 1.83 bits per heavy atom. The summed E-state index contributed by atoms with van der Waals surface area (Å²) in [5, 5.41) is 25.1. The molecule has 3 aromatic carbocycles. The van der Waals surface area contributed by atoms with Gasteiger partial charge in [-0.2, -0.15) is 0 Å². The van der Waals surface area contributed by atoms with E-state index in [2.05, 4.69) is 32.0 Å². The van der Waals surface area contributed by atoms with Crippen LogP contribution in [0.2, 0.25) is 0 Å². The molecule has 5 aromatic rings. The molecule has 4 N–H and O–H groups in total. The van der Waals surface area contributed by atoms with Crippen LogP contribution >= 0.6 is 15.9 Å². The minimum absolute atomic E-state index is 0.0149. The normalized spacial score (nSPS) is 11.0. The van der Waals surface area contributed by atoms with Crippen molar-refractivity contribution >= 4 is 27.9 Å². The zero-order valence-corrected chi connectivity index (χ0v) is 26.3. The number of H-pyrrole nitrogens is 2. The second-order valence-corrected chi connectivity index (χ2v) is 11.1. The number of hydrogen-bond acceptors (Lipinski definition) is 6. The number of carboxylic acids is 2. The molecule has 0 amide bonds. The molecular formula is C33H27BrN4O8. The number of ether oxygens (including phenoxy) is 2. The number of aromatic amines is 2. The number of nitrogens with one attached hydrogen (secondary N) is 2. The first-order chi connectivity index (χ1) is 22.0. The van der Waals surface area contributed by atoms with E-state index < -0.39 is 29.0 Å². The van der Waals surface area contributed by atoms with Gasteiger partial charge in [0.2, 0.25) is 0 Å². The minimum atomic E-state index is -1.16. The van der Waals surface area contributed by atoms with E-state index in [1.807, 2.05) is 0 Å². The van der Waals surface area contributed by atoms with Crippen LogP contribution in [0.15, 0.2) is 74.7 Å². The van der Waals surface area contributed by atoms with Crippen molar-refractivity contribution in [2.45, 2.75) is 19.8 Å². The molecule has 0 aliphatic rings. The average Bonchev–Trinajstić information content (AvgIpc) is 3.50. The zero-order chi connectivity index (χ0) is 33.3. The molecule has 2 heterocycles. The summed E-state index contributed by atoms with van der Waals surface area (Å²) in [6, 6.07) is 15.1. The number of halogens is 1. The number of carbonyl (C=O) groups is 2. The van der Waals surface area contributed by atoms with Gasteiger partial charge in [0.25, 0.3) is 11.1 Å². The Balaban J connectivity index is 1.80. The van der Waals surface area contributed by atoms with Crippen LogP contribution < -0.4 is 20.6 Å². The van der Waals surface area contributed by atoms with E-state index in [0.717, 1.165) is 0 Å². The van der Waals surface area contributed by atoms with Crippen molar-refractivity contribution in [2.24, 2.45) is 0 Å². The van der Waals surface area contributed by atoms with Gasteiger partial charge in [0, 0.05) is 17.3 Å². The molecule has 0 radical (unpaired) electrons. The first-order valence-electron chi connectivity index (χ1n) is 13.7. The first kappa shape index (κ1) is 31.7. The van der Waals surface area contributed by atoms with Gasteiger partial charge in [-0.1, -0.05) is 18.1 Å². The zero-order valence-electron chi connectivity index (χ0n) is 24.8. The highest BCUT2D eigenvalue weighted by Gasteiger charge is 2.32. The lowest BCUT2D eigenvalue weighted by Gasteiger charge is -2.19. The summed E-state index contributed by atoms with van der Waals surface area (Å²) < 4.78 is 14.2. The second kappa shape index (κ2) is 12.7. The van der Waals surface area contributed by atoms with Crippen molar-refractivity contribution in [2.75, 3.05) is 13.7 Å². The molecule has 13 heteroatoms. The van der Waals surface area contributed by atoms with Gasteiger partial charge in [-0.25, -0.2) is 19.0 Å². The molecule has 0 fully saturated rings. The molecule has 46 heavy (non-hydrogen) atoms. The molecular weight excluding hydrogens is 660 g/mol. The molecule has 0 unspecified atom stereocenters. The minimum Gasteiger partial charge on any atom is -0.493 e. The number of methoxy groups -OCH3 is 1. The Morgan fingerprint density at radius 2 is 1.39 bits per heavy atom. The van der Waals surface area contributed by atoms with Gasteiger partial charge in [0.15, 0.2) is 11.5 Å². The van der Waals surface area contributed by atoms with Crippen LogP contribution in [0.1, 0.15) is 54.7 Å². The van der Waals surface area contributed by atoms with E-state index >= 15 is 0 Å². The third-order valence-electron chi connectivity index (χ3n) is 7.40. The number of aromatic nitrogens is 4. The molecule has 0 aliphatic carbocycles. The Bertz CT molecular complexity index is 2050. The number of carboxylic acid groups (broad SMARTS) is 2. The van der Waals surface area contributed by atoms with Crippen molar-refractivity contribution in [3.8, 4) is 35.2 Å². The maximum absolute atomic E-state index is 14.2. The van der Waals surface area contributed by atoms with E-state index in [4.69, 9.17) is 15.9 Å². The van der Waals surface area contributed by atoms with Gasteiger partial charge in [-0.15, -0.1) is 6.42 Å². The SMILES string of the molecule is C#CCOc1c(Br)cc(C(c2c(C)[nH]n(-c3cccc(C(=O)O)c3)c2=O)c2c(C)[nH]n(-c3cccc(C(=O)O)c3)c2=O)cc1OC. The van der Waals surface area contributed by atoms with E-state index in [-0.39, 0.29) is 46.0 Å². The van der Waals surface area contributed by atoms with Crippen LogP contribution in [0.3, 0.4) is 0 Å².